The van der Waals surface area contributed by atoms with Crippen molar-refractivity contribution in [2.45, 2.75) is 22.9 Å². The predicted octanol–water partition coefficient (Wildman–Crippen LogP) is 8.03. The Kier molecular flexibility index (Phi) is 4.53. The third-order valence-electron chi connectivity index (χ3n) is 4.15. The Morgan fingerprint density at radius 1 is 1.00 bits per heavy atom. The molecule has 1 aromatic heterocycles. The highest BCUT2D eigenvalue weighted by molar-refractivity contribution is 8.45. The molecular weight excluding hydrogens is 448 g/mol. The van der Waals surface area contributed by atoms with E-state index in [1.54, 1.807) is 6.92 Å². The minimum absolute atomic E-state index is 0.0731. The van der Waals surface area contributed by atoms with Crippen molar-refractivity contribution in [1.29, 1.82) is 0 Å². The topological polar surface area (TPSA) is 17.8 Å². The van der Waals surface area contributed by atoms with Crippen molar-refractivity contribution in [2.75, 3.05) is 5.75 Å². The summed E-state index contributed by atoms with van der Waals surface area (Å²) in [5, 5.41) is 0. The molecule has 2 aromatic carbocycles. The third-order valence-corrected chi connectivity index (χ3v) is 6.23. The minimum Gasteiger partial charge on any atom is -0.327 e. The highest BCUT2D eigenvalue weighted by Gasteiger charge is 2.65. The predicted molar refractivity (Wildman–Crippen MR) is 98.9 cm³/mol. The Hall–Kier alpha value is -1.95. The van der Waals surface area contributed by atoms with Crippen LogP contribution < -0.4 is 0 Å². The van der Waals surface area contributed by atoms with Crippen molar-refractivity contribution in [1.82, 2.24) is 9.55 Å². The molecular formula is C17H14F8N2S2. The van der Waals surface area contributed by atoms with Crippen LogP contribution in [0.4, 0.5) is 32.6 Å². The fraction of sp³-hybridized carbons (Fsp3) is 0.235. The van der Waals surface area contributed by atoms with Crippen molar-refractivity contribution in [3.63, 3.8) is 0 Å². The van der Waals surface area contributed by atoms with Gasteiger partial charge >= 0.3 is 16.4 Å². The van der Waals surface area contributed by atoms with Crippen molar-refractivity contribution < 1.29 is 32.6 Å². The Bertz CT molecular complexity index is 1100. The van der Waals surface area contributed by atoms with E-state index in [2.05, 4.69) is 4.98 Å². The Morgan fingerprint density at radius 3 is 2.21 bits per heavy atom. The molecule has 0 spiro atoms. The van der Waals surface area contributed by atoms with Crippen LogP contribution in [0.1, 0.15) is 12.5 Å². The van der Waals surface area contributed by atoms with Gasteiger partial charge in [-0.2, -0.15) is 13.2 Å². The number of benzene rings is 2. The molecule has 0 aliphatic heterocycles. The largest absolute Gasteiger partial charge is 0.416 e. The number of hydrogen-bond acceptors (Lipinski definition) is 2. The SMILES string of the molecule is CCSc1cc(C(F)(F)F)ccc1-c1nc2cc(S(F)(F)(F)(F)F)ccc2n1C. The van der Waals surface area contributed by atoms with Gasteiger partial charge in [0, 0.05) is 17.5 Å². The second-order valence-corrected chi connectivity index (χ2v) is 9.97. The molecule has 3 aromatic rings. The molecule has 3 rings (SSSR count). The second-order valence-electron chi connectivity index (χ2n) is 6.26. The normalized spacial score (nSPS) is 15.4. The molecule has 0 aliphatic rings. The molecule has 0 fully saturated rings. The van der Waals surface area contributed by atoms with Crippen LogP contribution >= 0.6 is 22.0 Å². The molecule has 0 atom stereocenters. The first-order valence-corrected chi connectivity index (χ1v) is 11.0. The van der Waals surface area contributed by atoms with Crippen molar-refractivity contribution >= 4 is 33.0 Å². The minimum atomic E-state index is -9.88. The molecule has 0 unspecified atom stereocenters. The maximum atomic E-state index is 13.1. The van der Waals surface area contributed by atoms with Crippen LogP contribution in [0.15, 0.2) is 46.2 Å². The van der Waals surface area contributed by atoms with Gasteiger partial charge in [0.05, 0.1) is 16.6 Å². The van der Waals surface area contributed by atoms with Gasteiger partial charge < -0.3 is 4.57 Å². The molecule has 0 saturated heterocycles. The molecule has 1 heterocycles. The van der Waals surface area contributed by atoms with Gasteiger partial charge in [-0.1, -0.05) is 26.4 Å². The quantitative estimate of drug-likeness (QED) is 0.289. The second kappa shape index (κ2) is 6.03. The van der Waals surface area contributed by atoms with Gasteiger partial charge in [0.25, 0.3) is 0 Å². The maximum absolute atomic E-state index is 13.1. The number of aryl methyl sites for hydroxylation is 1. The zero-order valence-corrected chi connectivity index (χ0v) is 16.5. The summed E-state index contributed by atoms with van der Waals surface area (Å²) in [6.45, 7) is 1.73. The van der Waals surface area contributed by atoms with E-state index in [1.165, 1.54) is 17.7 Å². The van der Waals surface area contributed by atoms with Gasteiger partial charge in [-0.25, -0.2) is 4.98 Å². The maximum Gasteiger partial charge on any atom is 0.416 e. The number of halogens is 8. The zero-order valence-electron chi connectivity index (χ0n) is 14.9. The van der Waals surface area contributed by atoms with E-state index >= 15 is 0 Å². The lowest BCUT2D eigenvalue weighted by atomic mass is 10.1. The highest BCUT2D eigenvalue weighted by Crippen LogP contribution is 3.02. The third kappa shape index (κ3) is 4.32. The number of aromatic nitrogens is 2. The van der Waals surface area contributed by atoms with Crippen LogP contribution in [-0.2, 0) is 13.2 Å². The van der Waals surface area contributed by atoms with Crippen LogP contribution in [-0.4, -0.2) is 15.3 Å². The van der Waals surface area contributed by atoms with E-state index in [0.717, 1.165) is 30.0 Å². The summed E-state index contributed by atoms with van der Waals surface area (Å²) >= 11 is 1.10. The van der Waals surface area contributed by atoms with E-state index < -0.39 is 26.9 Å². The molecule has 0 amide bonds. The summed E-state index contributed by atoms with van der Waals surface area (Å²) in [5.41, 5.74) is -0.810. The Labute approximate surface area is 164 Å². The molecule has 0 radical (unpaired) electrons. The summed E-state index contributed by atoms with van der Waals surface area (Å²) in [5.74, 6) is 0.510. The molecule has 0 bridgehead atoms. The summed E-state index contributed by atoms with van der Waals surface area (Å²) in [6, 6.07) is 4.36. The van der Waals surface area contributed by atoms with Crippen LogP contribution in [0.5, 0.6) is 0 Å². The number of imidazole rings is 1. The number of alkyl halides is 3. The van der Waals surface area contributed by atoms with Gasteiger partial charge in [0.15, 0.2) is 0 Å². The number of nitrogens with zero attached hydrogens (tertiary/aromatic N) is 2. The molecule has 160 valence electrons. The summed E-state index contributed by atoms with van der Waals surface area (Å²) in [6.07, 6.45) is -4.57. The Balaban J connectivity index is 2.22. The van der Waals surface area contributed by atoms with E-state index in [1.807, 2.05) is 0 Å². The van der Waals surface area contributed by atoms with E-state index in [0.29, 0.717) is 5.75 Å². The summed E-state index contributed by atoms with van der Waals surface area (Å²) in [4.78, 5) is 2.17. The van der Waals surface area contributed by atoms with Crippen LogP contribution in [0.25, 0.3) is 22.4 Å². The highest BCUT2D eigenvalue weighted by atomic mass is 32.5. The summed E-state index contributed by atoms with van der Waals surface area (Å²) in [7, 11) is -8.44. The molecule has 29 heavy (non-hydrogen) atoms. The first-order valence-electron chi connectivity index (χ1n) is 8.06. The monoisotopic (exact) mass is 462 g/mol. The van der Waals surface area contributed by atoms with E-state index in [4.69, 9.17) is 0 Å². The first-order chi connectivity index (χ1) is 13.0. The van der Waals surface area contributed by atoms with Crippen LogP contribution in [0, 0.1) is 0 Å². The molecule has 2 nitrogen and oxygen atoms in total. The van der Waals surface area contributed by atoms with Gasteiger partial charge in [0.2, 0.25) is 0 Å². The lowest BCUT2D eigenvalue weighted by molar-refractivity contribution is -0.137. The smallest absolute Gasteiger partial charge is 0.327 e. The molecule has 0 N–H and O–H groups in total. The molecule has 0 saturated carbocycles. The summed E-state index contributed by atoms with van der Waals surface area (Å²) < 4.78 is 106. The standard InChI is InChI=1S/C17H14F8N2S2/c1-3-28-15-8-10(17(18,19)20)4-6-12(15)16-26-13-9-11(29(21,22,23,24)25)5-7-14(13)27(16)2/h4-9H,3H2,1-2H3. The first kappa shape index (κ1) is 21.8. The zero-order chi connectivity index (χ0) is 21.9. The lowest BCUT2D eigenvalue weighted by Crippen LogP contribution is -2.05. The lowest BCUT2D eigenvalue weighted by Gasteiger charge is -2.40. The number of thioether (sulfide) groups is 1. The average molecular weight is 462 g/mol. The molecule has 0 aliphatic carbocycles. The average Bonchev–Trinajstić information content (AvgIpc) is 2.89. The van der Waals surface area contributed by atoms with Crippen molar-refractivity contribution in [3.05, 3.63) is 42.0 Å². The van der Waals surface area contributed by atoms with Gasteiger partial charge in [-0.3, -0.25) is 0 Å². The number of hydrogen-bond donors (Lipinski definition) is 0. The van der Waals surface area contributed by atoms with Gasteiger partial charge in [0.1, 0.15) is 10.7 Å². The fourth-order valence-corrected chi connectivity index (χ4v) is 4.31. The van der Waals surface area contributed by atoms with E-state index in [9.17, 15) is 32.6 Å². The van der Waals surface area contributed by atoms with Gasteiger partial charge in [-0.05, 0) is 42.2 Å². The Morgan fingerprint density at radius 2 is 1.66 bits per heavy atom. The van der Waals surface area contributed by atoms with E-state index in [-0.39, 0.29) is 39.4 Å². The van der Waals surface area contributed by atoms with Gasteiger partial charge in [-0.15, -0.1) is 11.8 Å². The van der Waals surface area contributed by atoms with Crippen LogP contribution in [0.3, 0.4) is 0 Å². The number of rotatable bonds is 4. The van der Waals surface area contributed by atoms with Crippen molar-refractivity contribution in [3.8, 4) is 11.4 Å². The van der Waals surface area contributed by atoms with Crippen molar-refractivity contribution in [2.24, 2.45) is 7.05 Å². The number of fused-ring (bicyclic) bond motifs is 1. The fourth-order valence-electron chi connectivity index (χ4n) is 2.82. The molecule has 12 heteroatoms. The van der Waals surface area contributed by atoms with Crippen LogP contribution in [0.2, 0.25) is 0 Å².